The normalized spacial score (nSPS) is 23.6. The average molecular weight is 417 g/mol. The van der Waals surface area contributed by atoms with Gasteiger partial charge >= 0.3 is 0 Å². The number of hydrogen-bond acceptors (Lipinski definition) is 9. The molecule has 0 bridgehead atoms. The Morgan fingerprint density at radius 3 is 2.66 bits per heavy atom. The van der Waals surface area contributed by atoms with Crippen LogP contribution in [0.5, 0.6) is 0 Å². The molecule has 4 N–H and O–H groups in total. The summed E-state index contributed by atoms with van der Waals surface area (Å²) in [5.74, 6) is -0.259. The Hall–Kier alpha value is -3.02. The lowest BCUT2D eigenvalue weighted by Gasteiger charge is -2.15. The summed E-state index contributed by atoms with van der Waals surface area (Å²) in [5, 5.41) is 20.7. The molecule has 152 valence electrons. The summed E-state index contributed by atoms with van der Waals surface area (Å²) < 4.78 is 32.1. The van der Waals surface area contributed by atoms with Gasteiger partial charge in [0.15, 0.2) is 21.3 Å². The van der Waals surface area contributed by atoms with Crippen molar-refractivity contribution in [3.05, 3.63) is 54.3 Å². The van der Waals surface area contributed by atoms with Gasteiger partial charge in [-0.05, 0) is 25.1 Å². The number of nitrogens with zero attached hydrogens (tertiary/aromatic N) is 4. The first-order chi connectivity index (χ1) is 13.8. The van der Waals surface area contributed by atoms with Crippen molar-refractivity contribution in [1.29, 1.82) is 0 Å². The molecule has 3 heterocycles. The molecule has 3 atom stereocenters. The third-order valence-electron chi connectivity index (χ3n) is 4.71. The number of rotatable bonds is 4. The molecular weight excluding hydrogens is 398 g/mol. The van der Waals surface area contributed by atoms with Gasteiger partial charge < -0.3 is 20.7 Å². The molecule has 1 saturated heterocycles. The van der Waals surface area contributed by atoms with Gasteiger partial charge in [0, 0.05) is 0 Å². The summed E-state index contributed by atoms with van der Waals surface area (Å²) >= 11 is 0. The lowest BCUT2D eigenvalue weighted by Crippen LogP contribution is -2.27. The van der Waals surface area contributed by atoms with Gasteiger partial charge in [-0.25, -0.2) is 23.4 Å². The minimum Gasteiger partial charge on any atom is -0.469 e. The number of aryl methyl sites for hydroxylation is 1. The number of aromatic nitrogens is 4. The third kappa shape index (κ3) is 3.43. The van der Waals surface area contributed by atoms with E-state index in [1.165, 1.54) is 35.4 Å². The SMILES string of the molecule is Cc1ccc(S(=O)(=O)C/C=C2\O[C@H](n3cnc4c(N)ncnc43)[C@@H](O)[C@H]2O)cc1. The maximum Gasteiger partial charge on any atom is 0.207 e. The van der Waals surface area contributed by atoms with Crippen molar-refractivity contribution in [1.82, 2.24) is 19.5 Å². The minimum absolute atomic E-state index is 0.0398. The molecule has 10 nitrogen and oxygen atoms in total. The van der Waals surface area contributed by atoms with Crippen molar-refractivity contribution >= 4 is 26.8 Å². The number of anilines is 1. The van der Waals surface area contributed by atoms with Crippen LogP contribution in [0.15, 0.2) is 53.7 Å². The van der Waals surface area contributed by atoms with E-state index >= 15 is 0 Å². The second kappa shape index (κ2) is 7.10. The number of ether oxygens (including phenoxy) is 1. The quantitative estimate of drug-likeness (QED) is 0.545. The fourth-order valence-corrected chi connectivity index (χ4v) is 4.21. The molecule has 1 aliphatic rings. The van der Waals surface area contributed by atoms with Gasteiger partial charge in [-0.1, -0.05) is 17.7 Å². The van der Waals surface area contributed by atoms with Gasteiger partial charge in [-0.15, -0.1) is 0 Å². The van der Waals surface area contributed by atoms with Crippen molar-refractivity contribution in [2.45, 2.75) is 30.3 Å². The molecule has 0 amide bonds. The van der Waals surface area contributed by atoms with Crippen LogP contribution in [0.25, 0.3) is 11.2 Å². The summed E-state index contributed by atoms with van der Waals surface area (Å²) in [6, 6.07) is 6.46. The third-order valence-corrected chi connectivity index (χ3v) is 6.31. The molecular formula is C18H19N5O5S. The van der Waals surface area contributed by atoms with Crippen molar-refractivity contribution in [3.8, 4) is 0 Å². The molecule has 0 aliphatic carbocycles. The number of aliphatic hydroxyl groups excluding tert-OH is 2. The highest BCUT2D eigenvalue weighted by atomic mass is 32.2. The molecule has 0 spiro atoms. The summed E-state index contributed by atoms with van der Waals surface area (Å²) in [6.07, 6.45) is 0.0752. The van der Waals surface area contributed by atoms with Crippen LogP contribution in [0.1, 0.15) is 11.8 Å². The topological polar surface area (TPSA) is 153 Å². The number of aliphatic hydroxyl groups is 2. The number of nitrogen functional groups attached to an aromatic ring is 1. The second-order valence-corrected chi connectivity index (χ2v) is 8.76. The number of hydrogen-bond donors (Lipinski definition) is 3. The fraction of sp³-hybridized carbons (Fsp3) is 0.278. The number of sulfone groups is 1. The molecule has 1 fully saturated rings. The van der Waals surface area contributed by atoms with Crippen molar-refractivity contribution in [3.63, 3.8) is 0 Å². The van der Waals surface area contributed by atoms with Gasteiger partial charge in [0.1, 0.15) is 36.1 Å². The van der Waals surface area contributed by atoms with Crippen LogP contribution in [-0.2, 0) is 14.6 Å². The summed E-state index contributed by atoms with van der Waals surface area (Å²) in [6.45, 7) is 1.86. The van der Waals surface area contributed by atoms with Gasteiger partial charge in [0.05, 0.1) is 10.6 Å². The molecule has 1 aromatic carbocycles. The molecule has 29 heavy (non-hydrogen) atoms. The Morgan fingerprint density at radius 1 is 1.21 bits per heavy atom. The number of fused-ring (bicyclic) bond motifs is 1. The van der Waals surface area contributed by atoms with E-state index in [-0.39, 0.29) is 22.2 Å². The van der Waals surface area contributed by atoms with Crippen molar-refractivity contribution < 1.29 is 23.4 Å². The largest absolute Gasteiger partial charge is 0.469 e. The van der Waals surface area contributed by atoms with Gasteiger partial charge in [-0.2, -0.15) is 0 Å². The first kappa shape index (κ1) is 19.3. The van der Waals surface area contributed by atoms with Crippen molar-refractivity contribution in [2.75, 3.05) is 11.5 Å². The van der Waals surface area contributed by atoms with E-state index in [1.807, 2.05) is 6.92 Å². The van der Waals surface area contributed by atoms with Gasteiger partial charge in [0.25, 0.3) is 0 Å². The summed E-state index contributed by atoms with van der Waals surface area (Å²) in [4.78, 5) is 12.2. The van der Waals surface area contributed by atoms with E-state index in [0.717, 1.165) is 5.56 Å². The van der Waals surface area contributed by atoms with Crippen LogP contribution in [0.2, 0.25) is 0 Å². The maximum atomic E-state index is 12.5. The zero-order valence-electron chi connectivity index (χ0n) is 15.4. The molecule has 4 rings (SSSR count). The van der Waals surface area contributed by atoms with E-state index in [0.29, 0.717) is 11.2 Å². The van der Waals surface area contributed by atoms with E-state index in [9.17, 15) is 18.6 Å². The zero-order valence-corrected chi connectivity index (χ0v) is 16.2. The van der Waals surface area contributed by atoms with Gasteiger partial charge in [0.2, 0.25) is 6.23 Å². The molecule has 0 radical (unpaired) electrons. The lowest BCUT2D eigenvalue weighted by atomic mass is 10.2. The Kier molecular flexibility index (Phi) is 4.73. The molecule has 1 aliphatic heterocycles. The molecule has 2 aromatic heterocycles. The molecule has 3 aromatic rings. The van der Waals surface area contributed by atoms with Crippen LogP contribution in [0, 0.1) is 6.92 Å². The highest BCUT2D eigenvalue weighted by Crippen LogP contribution is 2.34. The lowest BCUT2D eigenvalue weighted by molar-refractivity contribution is -0.0118. The average Bonchev–Trinajstić information content (AvgIpc) is 3.24. The van der Waals surface area contributed by atoms with Crippen LogP contribution in [-0.4, -0.2) is 56.1 Å². The fourth-order valence-electron chi connectivity index (χ4n) is 3.08. The molecule has 0 saturated carbocycles. The summed E-state index contributed by atoms with van der Waals surface area (Å²) in [7, 11) is -3.62. The Balaban J connectivity index is 1.60. The maximum absolute atomic E-state index is 12.5. The van der Waals surface area contributed by atoms with Crippen LogP contribution >= 0.6 is 0 Å². The van der Waals surface area contributed by atoms with E-state index in [1.54, 1.807) is 12.1 Å². The minimum atomic E-state index is -3.62. The van der Waals surface area contributed by atoms with E-state index in [2.05, 4.69) is 15.0 Å². The predicted octanol–water partition coefficient (Wildman–Crippen LogP) is 0.325. The first-order valence-corrected chi connectivity index (χ1v) is 10.4. The van der Waals surface area contributed by atoms with Crippen molar-refractivity contribution in [2.24, 2.45) is 0 Å². The number of nitrogens with two attached hydrogens (primary N) is 1. The smallest absolute Gasteiger partial charge is 0.207 e. The Labute approximate surface area is 166 Å². The highest BCUT2D eigenvalue weighted by Gasteiger charge is 2.41. The molecule has 11 heteroatoms. The van der Waals surface area contributed by atoms with E-state index in [4.69, 9.17) is 10.5 Å². The van der Waals surface area contributed by atoms with Crippen LogP contribution in [0.3, 0.4) is 0 Å². The standard InChI is InChI=1S/C18H19N5O5S/c1-10-2-4-11(5-3-10)29(26,27)7-6-12-14(24)15(25)18(28-12)23-9-22-13-16(19)20-8-21-17(13)23/h2-6,8-9,14-15,18,24-25H,7H2,1H3,(H2,19,20,21)/b12-6-/t14-,15-,18-/m0/s1. The van der Waals surface area contributed by atoms with Gasteiger partial charge in [-0.3, -0.25) is 4.57 Å². The molecule has 0 unspecified atom stereocenters. The highest BCUT2D eigenvalue weighted by molar-refractivity contribution is 7.91. The second-order valence-electron chi connectivity index (χ2n) is 6.73. The van der Waals surface area contributed by atoms with E-state index < -0.39 is 28.3 Å². The van der Waals surface area contributed by atoms with Crippen LogP contribution < -0.4 is 5.73 Å². The zero-order chi connectivity index (χ0) is 20.8. The predicted molar refractivity (Wildman–Crippen MR) is 103 cm³/mol. The Morgan fingerprint density at radius 2 is 1.93 bits per heavy atom. The number of benzene rings is 1. The first-order valence-electron chi connectivity index (χ1n) is 8.73. The van der Waals surface area contributed by atoms with Crippen LogP contribution in [0.4, 0.5) is 5.82 Å². The Bertz CT molecular complexity index is 1190. The number of imidazole rings is 1. The summed E-state index contributed by atoms with van der Waals surface area (Å²) in [5.41, 5.74) is 7.36. The monoisotopic (exact) mass is 417 g/mol.